The molecular formula is C16H23NO4. The highest BCUT2D eigenvalue weighted by atomic mass is 16.5. The number of carboxylic acid groups (broad SMARTS) is 1. The molecule has 0 fully saturated rings. The first-order valence-electron chi connectivity index (χ1n) is 6.88. The van der Waals surface area contributed by atoms with E-state index in [1.54, 1.807) is 25.3 Å². The summed E-state index contributed by atoms with van der Waals surface area (Å²) in [7, 11) is 1.60. The lowest BCUT2D eigenvalue weighted by Gasteiger charge is -2.24. The highest BCUT2D eigenvalue weighted by molar-refractivity contribution is 5.66. The molecule has 5 nitrogen and oxygen atoms in total. The van der Waals surface area contributed by atoms with Gasteiger partial charge in [-0.15, -0.1) is 6.58 Å². The number of aryl methyl sites for hydroxylation is 1. The minimum Gasteiger partial charge on any atom is -0.496 e. The second-order valence-electron chi connectivity index (χ2n) is 4.91. The van der Waals surface area contributed by atoms with E-state index in [0.29, 0.717) is 13.0 Å². The summed E-state index contributed by atoms with van der Waals surface area (Å²) in [5, 5.41) is 22.4. The standard InChI is InChI=1S/C16H23NO4/c1-4-9-17-13(6-8-15(18)19)16(20)12-5-7-14(21-3)11(2)10-12/h4-5,7,10,13,16-17,20H,1,6,8-9H2,2-3H3,(H,18,19). The molecule has 1 aromatic rings. The fourth-order valence-corrected chi connectivity index (χ4v) is 2.20. The zero-order valence-corrected chi connectivity index (χ0v) is 12.5. The van der Waals surface area contributed by atoms with E-state index in [-0.39, 0.29) is 12.5 Å². The third-order valence-corrected chi connectivity index (χ3v) is 3.34. The van der Waals surface area contributed by atoms with E-state index in [1.165, 1.54) is 0 Å². The summed E-state index contributed by atoms with van der Waals surface area (Å²) in [6, 6.07) is 5.11. The maximum Gasteiger partial charge on any atom is 0.303 e. The van der Waals surface area contributed by atoms with Crippen molar-refractivity contribution in [2.24, 2.45) is 0 Å². The first-order chi connectivity index (χ1) is 9.99. The number of hydrogen-bond donors (Lipinski definition) is 3. The summed E-state index contributed by atoms with van der Waals surface area (Å²) >= 11 is 0. The van der Waals surface area contributed by atoms with Crippen LogP contribution in [0.1, 0.15) is 30.1 Å². The number of aliphatic hydroxyl groups excluding tert-OH is 1. The number of aliphatic hydroxyl groups is 1. The molecular weight excluding hydrogens is 270 g/mol. The molecule has 2 unspecified atom stereocenters. The van der Waals surface area contributed by atoms with Gasteiger partial charge in [-0.25, -0.2) is 0 Å². The van der Waals surface area contributed by atoms with Gasteiger partial charge < -0.3 is 20.3 Å². The normalized spacial score (nSPS) is 13.5. The Morgan fingerprint density at radius 2 is 2.24 bits per heavy atom. The number of carboxylic acids is 1. The lowest BCUT2D eigenvalue weighted by molar-refractivity contribution is -0.137. The van der Waals surface area contributed by atoms with Crippen LogP contribution in [0.4, 0.5) is 0 Å². The largest absolute Gasteiger partial charge is 0.496 e. The molecule has 3 N–H and O–H groups in total. The molecule has 0 spiro atoms. The zero-order chi connectivity index (χ0) is 15.8. The molecule has 2 atom stereocenters. The molecule has 116 valence electrons. The fraction of sp³-hybridized carbons (Fsp3) is 0.438. The number of carbonyl (C=O) groups is 1. The van der Waals surface area contributed by atoms with Gasteiger partial charge in [-0.3, -0.25) is 4.79 Å². The molecule has 1 aromatic carbocycles. The van der Waals surface area contributed by atoms with Gasteiger partial charge in [0.1, 0.15) is 5.75 Å². The number of ether oxygens (including phenoxy) is 1. The van der Waals surface area contributed by atoms with E-state index in [0.717, 1.165) is 16.9 Å². The van der Waals surface area contributed by atoms with Crippen molar-refractivity contribution in [3.8, 4) is 5.75 Å². The van der Waals surface area contributed by atoms with Gasteiger partial charge in [-0.2, -0.15) is 0 Å². The monoisotopic (exact) mass is 293 g/mol. The maximum absolute atomic E-state index is 10.7. The molecule has 0 saturated heterocycles. The topological polar surface area (TPSA) is 78.8 Å². The first-order valence-corrected chi connectivity index (χ1v) is 6.88. The van der Waals surface area contributed by atoms with Crippen LogP contribution in [0.2, 0.25) is 0 Å². The zero-order valence-electron chi connectivity index (χ0n) is 12.5. The highest BCUT2D eigenvalue weighted by Crippen LogP contribution is 2.25. The van der Waals surface area contributed by atoms with Gasteiger partial charge in [0.15, 0.2) is 0 Å². The van der Waals surface area contributed by atoms with E-state index in [9.17, 15) is 9.90 Å². The summed E-state index contributed by atoms with van der Waals surface area (Å²) in [6.07, 6.45) is 1.24. The van der Waals surface area contributed by atoms with Crippen molar-refractivity contribution in [3.05, 3.63) is 42.0 Å². The molecule has 5 heteroatoms. The van der Waals surface area contributed by atoms with Crippen LogP contribution in [0.15, 0.2) is 30.9 Å². The van der Waals surface area contributed by atoms with Gasteiger partial charge in [0.2, 0.25) is 0 Å². The molecule has 0 aliphatic heterocycles. The highest BCUT2D eigenvalue weighted by Gasteiger charge is 2.21. The molecule has 0 aromatic heterocycles. The molecule has 0 radical (unpaired) electrons. The Balaban J connectivity index is 2.86. The van der Waals surface area contributed by atoms with Crippen molar-refractivity contribution in [1.82, 2.24) is 5.32 Å². The summed E-state index contributed by atoms with van der Waals surface area (Å²) in [5.41, 5.74) is 1.66. The van der Waals surface area contributed by atoms with Crippen LogP contribution < -0.4 is 10.1 Å². The van der Waals surface area contributed by atoms with Crippen molar-refractivity contribution in [2.45, 2.75) is 31.9 Å². The van der Waals surface area contributed by atoms with E-state index >= 15 is 0 Å². The fourth-order valence-electron chi connectivity index (χ4n) is 2.20. The van der Waals surface area contributed by atoms with Crippen molar-refractivity contribution in [3.63, 3.8) is 0 Å². The second kappa shape index (κ2) is 8.44. The van der Waals surface area contributed by atoms with Crippen LogP contribution in [-0.2, 0) is 4.79 Å². The number of nitrogens with one attached hydrogen (secondary N) is 1. The van der Waals surface area contributed by atoms with Gasteiger partial charge >= 0.3 is 5.97 Å². The molecule has 0 aliphatic rings. The predicted octanol–water partition coefficient (Wildman–Crippen LogP) is 2.05. The summed E-state index contributed by atoms with van der Waals surface area (Å²) in [5.74, 6) is -0.120. The number of rotatable bonds is 9. The SMILES string of the molecule is C=CCNC(CCC(=O)O)C(O)c1ccc(OC)c(C)c1. The molecule has 0 bridgehead atoms. The van der Waals surface area contributed by atoms with E-state index in [1.807, 2.05) is 13.0 Å². The summed E-state index contributed by atoms with van der Waals surface area (Å²) in [6.45, 7) is 6.03. The Morgan fingerprint density at radius 3 is 2.76 bits per heavy atom. The Kier molecular flexibility index (Phi) is 6.91. The van der Waals surface area contributed by atoms with Crippen LogP contribution in [0.25, 0.3) is 0 Å². The van der Waals surface area contributed by atoms with Crippen LogP contribution >= 0.6 is 0 Å². The van der Waals surface area contributed by atoms with Crippen LogP contribution in [0.5, 0.6) is 5.75 Å². The number of methoxy groups -OCH3 is 1. The molecule has 0 saturated carbocycles. The van der Waals surface area contributed by atoms with Crippen LogP contribution in [-0.4, -0.2) is 35.9 Å². The Morgan fingerprint density at radius 1 is 1.52 bits per heavy atom. The minimum atomic E-state index is -0.876. The average molecular weight is 293 g/mol. The average Bonchev–Trinajstić information content (AvgIpc) is 2.46. The van der Waals surface area contributed by atoms with Crippen molar-refractivity contribution in [1.29, 1.82) is 0 Å². The Bertz CT molecular complexity index is 487. The van der Waals surface area contributed by atoms with Crippen LogP contribution in [0.3, 0.4) is 0 Å². The predicted molar refractivity (Wildman–Crippen MR) is 81.5 cm³/mol. The van der Waals surface area contributed by atoms with Crippen molar-refractivity contribution < 1.29 is 19.7 Å². The minimum absolute atomic E-state index is 0.000998. The molecule has 0 aliphatic carbocycles. The molecule has 21 heavy (non-hydrogen) atoms. The van der Waals surface area contributed by atoms with Crippen molar-refractivity contribution >= 4 is 5.97 Å². The third-order valence-electron chi connectivity index (χ3n) is 3.34. The van der Waals surface area contributed by atoms with E-state index in [2.05, 4.69) is 11.9 Å². The van der Waals surface area contributed by atoms with Crippen molar-refractivity contribution in [2.75, 3.05) is 13.7 Å². The van der Waals surface area contributed by atoms with E-state index < -0.39 is 12.1 Å². The Hall–Kier alpha value is -1.85. The first kappa shape index (κ1) is 17.2. The third kappa shape index (κ3) is 5.21. The van der Waals surface area contributed by atoms with Crippen LogP contribution in [0, 0.1) is 6.92 Å². The molecule has 0 amide bonds. The van der Waals surface area contributed by atoms with Gasteiger partial charge in [-0.05, 0) is 36.6 Å². The lowest BCUT2D eigenvalue weighted by Crippen LogP contribution is -2.35. The smallest absolute Gasteiger partial charge is 0.303 e. The lowest BCUT2D eigenvalue weighted by atomic mass is 9.96. The quantitative estimate of drug-likeness (QED) is 0.607. The van der Waals surface area contributed by atoms with E-state index in [4.69, 9.17) is 9.84 Å². The summed E-state index contributed by atoms with van der Waals surface area (Å²) in [4.78, 5) is 10.7. The van der Waals surface area contributed by atoms with Gasteiger partial charge in [-0.1, -0.05) is 12.1 Å². The van der Waals surface area contributed by atoms with Gasteiger partial charge in [0.05, 0.1) is 13.2 Å². The number of aliphatic carboxylic acids is 1. The summed E-state index contributed by atoms with van der Waals surface area (Å²) < 4.78 is 5.20. The molecule has 0 heterocycles. The maximum atomic E-state index is 10.7. The molecule has 1 rings (SSSR count). The number of hydrogen-bond acceptors (Lipinski definition) is 4. The van der Waals surface area contributed by atoms with Gasteiger partial charge in [0.25, 0.3) is 0 Å². The Labute approximate surface area is 125 Å². The number of benzene rings is 1. The van der Waals surface area contributed by atoms with Gasteiger partial charge in [0, 0.05) is 19.0 Å². The second-order valence-corrected chi connectivity index (χ2v) is 4.91.